The van der Waals surface area contributed by atoms with E-state index in [0.717, 1.165) is 25.2 Å². The molecular weight excluding hydrogens is 360 g/mol. The van der Waals surface area contributed by atoms with Crippen molar-refractivity contribution in [2.24, 2.45) is 0 Å². The standard InChI is InChI=1S/C13H8Br2N2O/c14-6-1-2-7-8-4-10(15)11(16)5-12(8)17-13(18)9(7)3-6/h1-5H,16H2,(H,17,18). The molecule has 0 saturated heterocycles. The largest absolute Gasteiger partial charge is 0.398 e. The Kier molecular flexibility index (Phi) is 2.68. The van der Waals surface area contributed by atoms with Gasteiger partial charge in [-0.25, -0.2) is 0 Å². The third-order valence-corrected chi connectivity index (χ3v) is 4.08. The van der Waals surface area contributed by atoms with E-state index in [2.05, 4.69) is 36.8 Å². The third kappa shape index (κ3) is 1.74. The number of aromatic nitrogens is 1. The topological polar surface area (TPSA) is 58.9 Å². The zero-order valence-corrected chi connectivity index (χ0v) is 12.3. The van der Waals surface area contributed by atoms with Crippen molar-refractivity contribution in [2.45, 2.75) is 0 Å². The van der Waals surface area contributed by atoms with Crippen LogP contribution in [-0.4, -0.2) is 4.98 Å². The molecule has 0 radical (unpaired) electrons. The maximum atomic E-state index is 12.0. The second kappa shape index (κ2) is 4.10. The summed E-state index contributed by atoms with van der Waals surface area (Å²) >= 11 is 6.78. The minimum Gasteiger partial charge on any atom is -0.398 e. The summed E-state index contributed by atoms with van der Waals surface area (Å²) in [5.74, 6) is 0. The Morgan fingerprint density at radius 1 is 1.00 bits per heavy atom. The van der Waals surface area contributed by atoms with Crippen LogP contribution < -0.4 is 11.3 Å². The molecule has 18 heavy (non-hydrogen) atoms. The second-order valence-corrected chi connectivity index (χ2v) is 5.83. The fourth-order valence-electron chi connectivity index (χ4n) is 2.05. The molecule has 3 nitrogen and oxygen atoms in total. The number of benzene rings is 2. The van der Waals surface area contributed by atoms with E-state index in [9.17, 15) is 4.79 Å². The number of H-pyrrole nitrogens is 1. The molecule has 0 bridgehead atoms. The van der Waals surface area contributed by atoms with Gasteiger partial charge in [0.1, 0.15) is 0 Å². The minimum atomic E-state index is -0.111. The maximum Gasteiger partial charge on any atom is 0.256 e. The summed E-state index contributed by atoms with van der Waals surface area (Å²) in [5.41, 5.74) is 7.07. The molecule has 0 aliphatic carbocycles. The first-order valence-corrected chi connectivity index (χ1v) is 6.85. The van der Waals surface area contributed by atoms with Crippen LogP contribution in [0.1, 0.15) is 0 Å². The molecular formula is C13H8Br2N2O. The van der Waals surface area contributed by atoms with Crippen LogP contribution in [0.3, 0.4) is 0 Å². The lowest BCUT2D eigenvalue weighted by Crippen LogP contribution is -2.06. The number of nitrogens with two attached hydrogens (primary N) is 1. The van der Waals surface area contributed by atoms with Crippen LogP contribution in [0.5, 0.6) is 0 Å². The molecule has 3 aromatic rings. The summed E-state index contributed by atoms with van der Waals surface area (Å²) in [7, 11) is 0. The van der Waals surface area contributed by atoms with Gasteiger partial charge in [-0.05, 0) is 45.6 Å². The number of anilines is 1. The van der Waals surface area contributed by atoms with Gasteiger partial charge in [-0.15, -0.1) is 0 Å². The van der Waals surface area contributed by atoms with Crippen molar-refractivity contribution in [1.82, 2.24) is 4.98 Å². The molecule has 3 rings (SSSR count). The van der Waals surface area contributed by atoms with Crippen LogP contribution in [0, 0.1) is 0 Å². The number of rotatable bonds is 0. The first-order chi connectivity index (χ1) is 8.56. The Balaban J connectivity index is 2.60. The number of nitrogens with one attached hydrogen (secondary N) is 1. The normalized spacial score (nSPS) is 11.2. The van der Waals surface area contributed by atoms with Crippen molar-refractivity contribution in [3.8, 4) is 0 Å². The SMILES string of the molecule is Nc1cc2[nH]c(=O)c3cc(Br)ccc3c2cc1Br. The molecule has 1 heterocycles. The third-order valence-electron chi connectivity index (χ3n) is 2.90. The van der Waals surface area contributed by atoms with Crippen LogP contribution in [0.25, 0.3) is 21.7 Å². The number of hydrogen-bond acceptors (Lipinski definition) is 2. The Bertz CT molecular complexity index is 840. The molecule has 0 atom stereocenters. The molecule has 0 aliphatic rings. The van der Waals surface area contributed by atoms with Crippen molar-refractivity contribution in [3.05, 3.63) is 49.6 Å². The quantitative estimate of drug-likeness (QED) is 0.469. The molecule has 1 aromatic heterocycles. The van der Waals surface area contributed by atoms with E-state index in [1.807, 2.05) is 24.3 Å². The summed E-state index contributed by atoms with van der Waals surface area (Å²) in [4.78, 5) is 14.9. The van der Waals surface area contributed by atoms with Crippen molar-refractivity contribution in [3.63, 3.8) is 0 Å². The summed E-state index contributed by atoms with van der Waals surface area (Å²) < 4.78 is 1.71. The Labute approximate surface area is 119 Å². The second-order valence-electron chi connectivity index (χ2n) is 4.06. The lowest BCUT2D eigenvalue weighted by atomic mass is 10.1. The Hall–Kier alpha value is -1.33. The summed E-state index contributed by atoms with van der Waals surface area (Å²) in [5, 5.41) is 2.55. The van der Waals surface area contributed by atoms with Crippen LogP contribution in [-0.2, 0) is 0 Å². The van der Waals surface area contributed by atoms with E-state index in [4.69, 9.17) is 5.73 Å². The molecule has 0 saturated carbocycles. The van der Waals surface area contributed by atoms with E-state index in [-0.39, 0.29) is 5.56 Å². The zero-order chi connectivity index (χ0) is 12.9. The van der Waals surface area contributed by atoms with Gasteiger partial charge in [0.25, 0.3) is 5.56 Å². The van der Waals surface area contributed by atoms with Gasteiger partial charge < -0.3 is 10.7 Å². The summed E-state index contributed by atoms with van der Waals surface area (Å²) in [6, 6.07) is 9.36. The van der Waals surface area contributed by atoms with Crippen LogP contribution >= 0.6 is 31.9 Å². The average molecular weight is 368 g/mol. The summed E-state index contributed by atoms with van der Waals surface area (Å²) in [6.45, 7) is 0. The molecule has 0 fully saturated rings. The van der Waals surface area contributed by atoms with Gasteiger partial charge in [-0.2, -0.15) is 0 Å². The van der Waals surface area contributed by atoms with Gasteiger partial charge in [0.15, 0.2) is 0 Å². The van der Waals surface area contributed by atoms with Crippen LogP contribution in [0.2, 0.25) is 0 Å². The van der Waals surface area contributed by atoms with Crippen molar-refractivity contribution in [2.75, 3.05) is 5.73 Å². The predicted octanol–water partition coefficient (Wildman–Crippen LogP) is 3.79. The highest BCUT2D eigenvalue weighted by atomic mass is 79.9. The fraction of sp³-hybridized carbons (Fsp3) is 0. The zero-order valence-electron chi connectivity index (χ0n) is 9.13. The first kappa shape index (κ1) is 11.7. The Morgan fingerprint density at radius 2 is 1.78 bits per heavy atom. The molecule has 2 aromatic carbocycles. The highest BCUT2D eigenvalue weighted by Crippen LogP contribution is 2.29. The number of halogens is 2. The number of pyridine rings is 1. The molecule has 0 aliphatic heterocycles. The lowest BCUT2D eigenvalue weighted by molar-refractivity contribution is 1.34. The molecule has 0 spiro atoms. The van der Waals surface area contributed by atoms with Crippen molar-refractivity contribution in [1.29, 1.82) is 0 Å². The molecule has 0 unspecified atom stereocenters. The van der Waals surface area contributed by atoms with Gasteiger partial charge in [-0.1, -0.05) is 22.0 Å². The van der Waals surface area contributed by atoms with Gasteiger partial charge in [-0.3, -0.25) is 4.79 Å². The maximum absolute atomic E-state index is 12.0. The Morgan fingerprint density at radius 3 is 2.56 bits per heavy atom. The highest BCUT2D eigenvalue weighted by molar-refractivity contribution is 9.10. The number of aromatic amines is 1. The monoisotopic (exact) mass is 366 g/mol. The fourth-order valence-corrected chi connectivity index (χ4v) is 2.75. The van der Waals surface area contributed by atoms with E-state index >= 15 is 0 Å². The van der Waals surface area contributed by atoms with Gasteiger partial charge >= 0.3 is 0 Å². The minimum absolute atomic E-state index is 0.111. The van der Waals surface area contributed by atoms with Gasteiger partial charge in [0.05, 0.1) is 5.52 Å². The van der Waals surface area contributed by atoms with E-state index in [1.54, 1.807) is 6.07 Å². The van der Waals surface area contributed by atoms with Gasteiger partial charge in [0, 0.05) is 25.4 Å². The van der Waals surface area contributed by atoms with E-state index < -0.39 is 0 Å². The first-order valence-electron chi connectivity index (χ1n) is 5.26. The van der Waals surface area contributed by atoms with E-state index in [0.29, 0.717) is 11.1 Å². The highest BCUT2D eigenvalue weighted by Gasteiger charge is 2.07. The summed E-state index contributed by atoms with van der Waals surface area (Å²) in [6.07, 6.45) is 0. The molecule has 3 N–H and O–H groups in total. The van der Waals surface area contributed by atoms with Crippen LogP contribution in [0.15, 0.2) is 44.1 Å². The molecule has 90 valence electrons. The number of nitrogen functional groups attached to an aromatic ring is 1. The number of hydrogen-bond donors (Lipinski definition) is 2. The van der Waals surface area contributed by atoms with Gasteiger partial charge in [0.2, 0.25) is 0 Å². The van der Waals surface area contributed by atoms with E-state index in [1.165, 1.54) is 0 Å². The van der Waals surface area contributed by atoms with Crippen molar-refractivity contribution < 1.29 is 0 Å². The smallest absolute Gasteiger partial charge is 0.256 e. The molecule has 5 heteroatoms. The average Bonchev–Trinajstić information content (AvgIpc) is 2.32. The van der Waals surface area contributed by atoms with Crippen LogP contribution in [0.4, 0.5) is 5.69 Å². The predicted molar refractivity (Wildman–Crippen MR) is 81.9 cm³/mol. The molecule has 0 amide bonds. The lowest BCUT2D eigenvalue weighted by Gasteiger charge is -2.06. The number of fused-ring (bicyclic) bond motifs is 3. The van der Waals surface area contributed by atoms with Crippen molar-refractivity contribution >= 4 is 59.2 Å².